The van der Waals surface area contributed by atoms with Crippen LogP contribution in [0.1, 0.15) is 48.5 Å². The zero-order chi connectivity index (χ0) is 14.7. The Morgan fingerprint density at radius 1 is 1.35 bits per heavy atom. The molecule has 1 saturated heterocycles. The molecule has 2 rings (SSSR count). The van der Waals surface area contributed by atoms with E-state index in [0.29, 0.717) is 43.2 Å². The van der Waals surface area contributed by atoms with E-state index in [2.05, 4.69) is 13.8 Å². The van der Waals surface area contributed by atoms with Crippen molar-refractivity contribution < 1.29 is 14.6 Å². The molecule has 1 heterocycles. The molecule has 0 bridgehead atoms. The van der Waals surface area contributed by atoms with Crippen molar-refractivity contribution in [2.45, 2.75) is 38.7 Å². The first-order valence-electron chi connectivity index (χ1n) is 7.18. The molecule has 110 valence electrons. The predicted octanol–water partition coefficient (Wildman–Crippen LogP) is 2.42. The van der Waals surface area contributed by atoms with Gasteiger partial charge in [-0.1, -0.05) is 19.9 Å². The maximum atomic E-state index is 12.5. The monoisotopic (exact) mass is 277 g/mol. The second kappa shape index (κ2) is 6.27. The quantitative estimate of drug-likeness (QED) is 0.923. The van der Waals surface area contributed by atoms with Gasteiger partial charge in [-0.2, -0.15) is 0 Å². The van der Waals surface area contributed by atoms with Crippen molar-refractivity contribution in [1.29, 1.82) is 0 Å². The summed E-state index contributed by atoms with van der Waals surface area (Å²) in [5.74, 6) is 1.02. The van der Waals surface area contributed by atoms with Crippen molar-refractivity contribution in [2.24, 2.45) is 0 Å². The summed E-state index contributed by atoms with van der Waals surface area (Å²) in [6, 6.07) is 5.78. The number of amides is 1. The van der Waals surface area contributed by atoms with Crippen molar-refractivity contribution in [1.82, 2.24) is 4.90 Å². The summed E-state index contributed by atoms with van der Waals surface area (Å²) >= 11 is 0. The van der Waals surface area contributed by atoms with Gasteiger partial charge in [0.05, 0.1) is 18.8 Å². The SMILES string of the molecule is COc1cc(C(C)C)ccc1C(=O)N1CCC(O)CC1. The first-order valence-corrected chi connectivity index (χ1v) is 7.18. The van der Waals surface area contributed by atoms with E-state index >= 15 is 0 Å². The summed E-state index contributed by atoms with van der Waals surface area (Å²) in [6.45, 7) is 5.44. The third-order valence-corrected chi connectivity index (χ3v) is 3.87. The molecule has 0 aliphatic carbocycles. The predicted molar refractivity (Wildman–Crippen MR) is 78.2 cm³/mol. The topological polar surface area (TPSA) is 49.8 Å². The number of piperidine rings is 1. The van der Waals surface area contributed by atoms with E-state index in [0.717, 1.165) is 5.56 Å². The lowest BCUT2D eigenvalue weighted by molar-refractivity contribution is 0.0544. The molecule has 1 amide bonds. The molecule has 0 radical (unpaired) electrons. The molecule has 1 N–H and O–H groups in total. The summed E-state index contributed by atoms with van der Waals surface area (Å²) in [6.07, 6.45) is 1.03. The molecular weight excluding hydrogens is 254 g/mol. The van der Waals surface area contributed by atoms with Gasteiger partial charge in [0.2, 0.25) is 0 Å². The smallest absolute Gasteiger partial charge is 0.257 e. The second-order valence-corrected chi connectivity index (χ2v) is 5.64. The van der Waals surface area contributed by atoms with E-state index in [1.54, 1.807) is 12.0 Å². The molecule has 1 aromatic rings. The number of aliphatic hydroxyl groups excluding tert-OH is 1. The van der Waals surface area contributed by atoms with Gasteiger partial charge in [0.25, 0.3) is 5.91 Å². The van der Waals surface area contributed by atoms with Crippen LogP contribution in [-0.4, -0.2) is 42.2 Å². The Hall–Kier alpha value is -1.55. The molecule has 0 aromatic heterocycles. The molecule has 1 aromatic carbocycles. The van der Waals surface area contributed by atoms with Crippen molar-refractivity contribution in [3.8, 4) is 5.75 Å². The van der Waals surface area contributed by atoms with Gasteiger partial charge in [-0.05, 0) is 36.5 Å². The number of hydrogen-bond donors (Lipinski definition) is 1. The Labute approximate surface area is 120 Å². The van der Waals surface area contributed by atoms with Crippen LogP contribution in [0.2, 0.25) is 0 Å². The largest absolute Gasteiger partial charge is 0.496 e. The summed E-state index contributed by atoms with van der Waals surface area (Å²) in [4.78, 5) is 14.3. The Morgan fingerprint density at radius 3 is 2.55 bits per heavy atom. The zero-order valence-electron chi connectivity index (χ0n) is 12.4. The molecule has 1 aliphatic heterocycles. The number of nitrogens with zero attached hydrogens (tertiary/aromatic N) is 1. The maximum absolute atomic E-state index is 12.5. The third-order valence-electron chi connectivity index (χ3n) is 3.87. The van der Waals surface area contributed by atoms with E-state index in [9.17, 15) is 9.90 Å². The molecule has 20 heavy (non-hydrogen) atoms. The maximum Gasteiger partial charge on any atom is 0.257 e. The van der Waals surface area contributed by atoms with Gasteiger partial charge in [0.15, 0.2) is 0 Å². The number of rotatable bonds is 3. The Bertz CT molecular complexity index is 477. The van der Waals surface area contributed by atoms with Gasteiger partial charge in [-0.25, -0.2) is 0 Å². The highest BCUT2D eigenvalue weighted by atomic mass is 16.5. The van der Waals surface area contributed by atoms with Crippen molar-refractivity contribution in [3.63, 3.8) is 0 Å². The van der Waals surface area contributed by atoms with Crippen LogP contribution in [0.15, 0.2) is 18.2 Å². The minimum absolute atomic E-state index is 0.0101. The van der Waals surface area contributed by atoms with Gasteiger partial charge in [-0.15, -0.1) is 0 Å². The molecule has 0 saturated carbocycles. The van der Waals surface area contributed by atoms with Crippen LogP contribution in [-0.2, 0) is 0 Å². The number of ether oxygens (including phenoxy) is 1. The van der Waals surface area contributed by atoms with Crippen LogP contribution in [0, 0.1) is 0 Å². The van der Waals surface area contributed by atoms with Crippen molar-refractivity contribution in [3.05, 3.63) is 29.3 Å². The summed E-state index contributed by atoms with van der Waals surface area (Å²) in [5, 5.41) is 9.51. The van der Waals surface area contributed by atoms with E-state index < -0.39 is 0 Å². The lowest BCUT2D eigenvalue weighted by atomic mass is 9.99. The molecule has 0 atom stereocenters. The van der Waals surface area contributed by atoms with Crippen LogP contribution in [0.25, 0.3) is 0 Å². The highest BCUT2D eigenvalue weighted by molar-refractivity contribution is 5.97. The fourth-order valence-electron chi connectivity index (χ4n) is 2.48. The Morgan fingerprint density at radius 2 is 2.00 bits per heavy atom. The van der Waals surface area contributed by atoms with Crippen LogP contribution < -0.4 is 4.74 Å². The number of methoxy groups -OCH3 is 1. The van der Waals surface area contributed by atoms with Crippen LogP contribution >= 0.6 is 0 Å². The van der Waals surface area contributed by atoms with E-state index in [1.165, 1.54) is 0 Å². The van der Waals surface area contributed by atoms with E-state index in [4.69, 9.17) is 4.74 Å². The minimum atomic E-state index is -0.274. The molecule has 4 heteroatoms. The van der Waals surface area contributed by atoms with Crippen molar-refractivity contribution in [2.75, 3.05) is 20.2 Å². The number of hydrogen-bond acceptors (Lipinski definition) is 3. The Kier molecular flexibility index (Phi) is 4.65. The van der Waals surface area contributed by atoms with Gasteiger partial charge in [-0.3, -0.25) is 4.79 Å². The summed E-state index contributed by atoms with van der Waals surface area (Å²) < 4.78 is 5.37. The summed E-state index contributed by atoms with van der Waals surface area (Å²) in [5.41, 5.74) is 1.76. The summed E-state index contributed by atoms with van der Waals surface area (Å²) in [7, 11) is 1.59. The number of benzene rings is 1. The molecule has 4 nitrogen and oxygen atoms in total. The standard InChI is InChI=1S/C16H23NO3/c1-11(2)12-4-5-14(15(10-12)20-3)16(19)17-8-6-13(18)7-9-17/h4-5,10-11,13,18H,6-9H2,1-3H3. The van der Waals surface area contributed by atoms with E-state index in [1.807, 2.05) is 18.2 Å². The minimum Gasteiger partial charge on any atom is -0.496 e. The number of likely N-dealkylation sites (tertiary alicyclic amines) is 1. The van der Waals surface area contributed by atoms with Gasteiger partial charge < -0.3 is 14.7 Å². The first-order chi connectivity index (χ1) is 9.52. The van der Waals surface area contributed by atoms with Crippen LogP contribution in [0.3, 0.4) is 0 Å². The molecule has 0 spiro atoms. The first kappa shape index (κ1) is 14.9. The number of carbonyl (C=O) groups is 1. The van der Waals surface area contributed by atoms with Gasteiger partial charge in [0.1, 0.15) is 5.75 Å². The van der Waals surface area contributed by atoms with Gasteiger partial charge >= 0.3 is 0 Å². The molecule has 1 fully saturated rings. The van der Waals surface area contributed by atoms with Crippen molar-refractivity contribution >= 4 is 5.91 Å². The lowest BCUT2D eigenvalue weighted by Gasteiger charge is -2.30. The molecule has 0 unspecified atom stereocenters. The second-order valence-electron chi connectivity index (χ2n) is 5.64. The highest BCUT2D eigenvalue weighted by Crippen LogP contribution is 2.26. The highest BCUT2D eigenvalue weighted by Gasteiger charge is 2.24. The fourth-order valence-corrected chi connectivity index (χ4v) is 2.48. The average molecular weight is 277 g/mol. The molecular formula is C16H23NO3. The fraction of sp³-hybridized carbons (Fsp3) is 0.562. The lowest BCUT2D eigenvalue weighted by Crippen LogP contribution is -2.40. The van der Waals surface area contributed by atoms with Crippen LogP contribution in [0.4, 0.5) is 0 Å². The van der Waals surface area contributed by atoms with Crippen LogP contribution in [0.5, 0.6) is 5.75 Å². The Balaban J connectivity index is 2.21. The average Bonchev–Trinajstić information content (AvgIpc) is 2.46. The third kappa shape index (κ3) is 3.12. The molecule has 1 aliphatic rings. The zero-order valence-corrected chi connectivity index (χ0v) is 12.4. The number of carbonyl (C=O) groups excluding carboxylic acids is 1. The van der Waals surface area contributed by atoms with Gasteiger partial charge in [0, 0.05) is 13.1 Å². The normalized spacial score (nSPS) is 16.6. The number of aliphatic hydroxyl groups is 1. The van der Waals surface area contributed by atoms with E-state index in [-0.39, 0.29) is 12.0 Å².